The minimum absolute atomic E-state index is 0.0260. The first-order valence-electron chi connectivity index (χ1n) is 9.78. The molecule has 0 aliphatic heterocycles. The van der Waals surface area contributed by atoms with Gasteiger partial charge in [-0.05, 0) is 69.4 Å². The van der Waals surface area contributed by atoms with Gasteiger partial charge in [-0.25, -0.2) is 18.3 Å². The fourth-order valence-corrected chi connectivity index (χ4v) is 4.21. The normalized spacial score (nSPS) is 17.3. The number of halogens is 1. The first-order valence-corrected chi connectivity index (χ1v) is 10.9. The molecule has 1 heterocycles. The molecule has 29 heavy (non-hydrogen) atoms. The molecule has 1 aliphatic rings. The molecule has 1 aromatic heterocycles. The number of nitrogens with one attached hydrogen (secondary N) is 1. The molecular weight excluding hydrogens is 387 g/mol. The van der Waals surface area contributed by atoms with Crippen molar-refractivity contribution in [1.29, 1.82) is 5.26 Å². The van der Waals surface area contributed by atoms with Gasteiger partial charge < -0.3 is 5.73 Å². The standard InChI is InChI=1S/C22H27FN4OS/c1-21(2,3)29(28)27-22(12-11-15-7-8-15,16-9-10-18(23)19(25)13-16)20-6-4-5-17(14-24)26-20/h4-6,9-10,13,15,27H,7-8,11-12,25H2,1-3H3/t22-,29?/m1/s1. The highest BCUT2D eigenvalue weighted by Gasteiger charge is 2.41. The molecule has 0 radical (unpaired) electrons. The quantitative estimate of drug-likeness (QED) is 0.666. The van der Waals surface area contributed by atoms with Crippen LogP contribution in [0.3, 0.4) is 0 Å². The van der Waals surface area contributed by atoms with E-state index >= 15 is 0 Å². The van der Waals surface area contributed by atoms with Gasteiger partial charge in [-0.2, -0.15) is 5.26 Å². The van der Waals surface area contributed by atoms with Crippen LogP contribution in [0.5, 0.6) is 0 Å². The van der Waals surface area contributed by atoms with Crippen molar-refractivity contribution in [3.05, 3.63) is 59.2 Å². The predicted octanol–water partition coefficient (Wildman–Crippen LogP) is 4.16. The maximum Gasteiger partial charge on any atom is 0.146 e. The van der Waals surface area contributed by atoms with Crippen molar-refractivity contribution in [3.8, 4) is 6.07 Å². The second-order valence-electron chi connectivity index (χ2n) is 8.63. The summed E-state index contributed by atoms with van der Waals surface area (Å²) in [5.41, 5.74) is 6.51. The Balaban J connectivity index is 2.19. The van der Waals surface area contributed by atoms with Crippen molar-refractivity contribution in [3.63, 3.8) is 0 Å². The third-order valence-corrected chi connectivity index (χ3v) is 6.88. The van der Waals surface area contributed by atoms with Crippen LogP contribution >= 0.6 is 0 Å². The van der Waals surface area contributed by atoms with E-state index in [-0.39, 0.29) is 11.4 Å². The van der Waals surface area contributed by atoms with Gasteiger partial charge in [0.1, 0.15) is 17.6 Å². The highest BCUT2D eigenvalue weighted by Crippen LogP contribution is 2.42. The second kappa shape index (κ2) is 8.21. The largest absolute Gasteiger partial charge is 0.396 e. The highest BCUT2D eigenvalue weighted by molar-refractivity contribution is 7.84. The van der Waals surface area contributed by atoms with Crippen molar-refractivity contribution in [1.82, 2.24) is 9.71 Å². The number of benzene rings is 1. The molecule has 3 N–H and O–H groups in total. The second-order valence-corrected chi connectivity index (χ2v) is 10.6. The number of nitrogens with zero attached hydrogens (tertiary/aromatic N) is 2. The minimum Gasteiger partial charge on any atom is -0.396 e. The molecule has 1 aromatic carbocycles. The van der Waals surface area contributed by atoms with Gasteiger partial charge in [0.2, 0.25) is 0 Å². The Bertz CT molecular complexity index is 962. The number of rotatable bonds is 7. The number of anilines is 1. The molecule has 0 bridgehead atoms. The summed E-state index contributed by atoms with van der Waals surface area (Å²) in [6.07, 6.45) is 3.88. The van der Waals surface area contributed by atoms with Gasteiger partial charge >= 0.3 is 0 Å². The number of hydrogen-bond donors (Lipinski definition) is 2. The lowest BCUT2D eigenvalue weighted by molar-refractivity contribution is 0.405. The maximum atomic E-state index is 13.9. The SMILES string of the molecule is CC(C)(C)S(=O)N[C@](CCC1CC1)(c1ccc(F)c(N)c1)c1cccc(C#N)n1. The third-order valence-electron chi connectivity index (χ3n) is 5.24. The van der Waals surface area contributed by atoms with Crippen molar-refractivity contribution in [2.75, 3.05) is 5.73 Å². The topological polar surface area (TPSA) is 91.8 Å². The molecule has 1 fully saturated rings. The van der Waals surface area contributed by atoms with Crippen LogP contribution in [0, 0.1) is 23.1 Å². The molecule has 2 atom stereocenters. The van der Waals surface area contributed by atoms with Crippen LogP contribution < -0.4 is 10.5 Å². The molecule has 1 saturated carbocycles. The summed E-state index contributed by atoms with van der Waals surface area (Å²) in [6.45, 7) is 5.67. The smallest absolute Gasteiger partial charge is 0.146 e. The molecule has 1 aliphatic carbocycles. The number of nitriles is 1. The molecule has 3 rings (SSSR count). The average molecular weight is 415 g/mol. The number of aromatic nitrogens is 1. The van der Waals surface area contributed by atoms with Gasteiger partial charge in [0.15, 0.2) is 0 Å². The summed E-state index contributed by atoms with van der Waals surface area (Å²) in [4.78, 5) is 4.53. The van der Waals surface area contributed by atoms with Crippen LogP contribution in [-0.4, -0.2) is 13.9 Å². The Labute approximate surface area is 174 Å². The summed E-state index contributed by atoms with van der Waals surface area (Å²) in [5, 5.41) is 9.36. The Morgan fingerprint density at radius 1 is 1.31 bits per heavy atom. The lowest BCUT2D eigenvalue weighted by Gasteiger charge is -2.37. The Kier molecular flexibility index (Phi) is 6.06. The molecule has 0 amide bonds. The van der Waals surface area contributed by atoms with E-state index in [2.05, 4.69) is 15.8 Å². The molecule has 1 unspecified atom stereocenters. The molecule has 0 saturated heterocycles. The van der Waals surface area contributed by atoms with Crippen LogP contribution in [0.2, 0.25) is 0 Å². The summed E-state index contributed by atoms with van der Waals surface area (Å²) < 4.78 is 29.9. The predicted molar refractivity (Wildman–Crippen MR) is 114 cm³/mol. The van der Waals surface area contributed by atoms with Crippen LogP contribution in [0.1, 0.15) is 63.4 Å². The van der Waals surface area contributed by atoms with E-state index in [1.807, 2.05) is 26.8 Å². The molecule has 5 nitrogen and oxygen atoms in total. The monoisotopic (exact) mass is 414 g/mol. The summed E-state index contributed by atoms with van der Waals surface area (Å²) in [5.74, 6) is 0.122. The number of pyridine rings is 1. The van der Waals surface area contributed by atoms with Crippen molar-refractivity contribution >= 4 is 16.7 Å². The average Bonchev–Trinajstić information content (AvgIpc) is 3.51. The molecule has 0 spiro atoms. The summed E-state index contributed by atoms with van der Waals surface area (Å²) >= 11 is 0. The van der Waals surface area contributed by atoms with E-state index in [9.17, 15) is 13.9 Å². The number of nitrogen functional groups attached to an aromatic ring is 1. The molecule has 2 aromatic rings. The van der Waals surface area contributed by atoms with Crippen molar-refractivity contribution < 1.29 is 8.60 Å². The van der Waals surface area contributed by atoms with Crippen LogP contribution in [0.15, 0.2) is 36.4 Å². The van der Waals surface area contributed by atoms with Crippen molar-refractivity contribution in [2.45, 2.75) is 56.7 Å². The first-order chi connectivity index (χ1) is 13.7. The van der Waals surface area contributed by atoms with E-state index in [0.29, 0.717) is 23.6 Å². The molecular formula is C22H27FN4OS. The summed E-state index contributed by atoms with van der Waals surface area (Å²) in [6, 6.07) is 11.9. The fraction of sp³-hybridized carbons (Fsp3) is 0.455. The lowest BCUT2D eigenvalue weighted by atomic mass is 9.82. The summed E-state index contributed by atoms with van der Waals surface area (Å²) in [7, 11) is -1.43. The zero-order chi connectivity index (χ0) is 21.2. The van der Waals surface area contributed by atoms with E-state index < -0.39 is 27.1 Å². The fourth-order valence-electron chi connectivity index (χ4n) is 3.26. The van der Waals surface area contributed by atoms with Gasteiger partial charge in [-0.3, -0.25) is 0 Å². The highest BCUT2D eigenvalue weighted by atomic mass is 32.2. The van der Waals surface area contributed by atoms with Crippen LogP contribution in [-0.2, 0) is 16.5 Å². The van der Waals surface area contributed by atoms with Gasteiger partial charge in [0.25, 0.3) is 0 Å². The van der Waals surface area contributed by atoms with Gasteiger partial charge in [-0.15, -0.1) is 0 Å². The van der Waals surface area contributed by atoms with Gasteiger partial charge in [0.05, 0.1) is 32.7 Å². The minimum atomic E-state index is -1.43. The van der Waals surface area contributed by atoms with Gasteiger partial charge in [-0.1, -0.05) is 25.0 Å². The first kappa shape index (κ1) is 21.4. The van der Waals surface area contributed by atoms with Crippen molar-refractivity contribution in [2.24, 2.45) is 5.92 Å². The van der Waals surface area contributed by atoms with Gasteiger partial charge in [0, 0.05) is 0 Å². The molecule has 154 valence electrons. The Morgan fingerprint density at radius 2 is 2.03 bits per heavy atom. The zero-order valence-electron chi connectivity index (χ0n) is 17.0. The Morgan fingerprint density at radius 3 is 2.62 bits per heavy atom. The van der Waals surface area contributed by atoms with E-state index in [0.717, 1.165) is 6.42 Å². The number of nitrogens with two attached hydrogens (primary N) is 1. The third kappa shape index (κ3) is 4.82. The van der Waals surface area contributed by atoms with E-state index in [1.54, 1.807) is 24.3 Å². The number of hydrogen-bond acceptors (Lipinski definition) is 4. The van der Waals surface area contributed by atoms with Crippen LogP contribution in [0.4, 0.5) is 10.1 Å². The maximum absolute atomic E-state index is 13.9. The lowest BCUT2D eigenvalue weighted by Crippen LogP contribution is -2.49. The zero-order valence-corrected chi connectivity index (χ0v) is 17.9. The van der Waals surface area contributed by atoms with E-state index in [1.165, 1.54) is 18.9 Å². The Hall–Kier alpha value is -2.30. The van der Waals surface area contributed by atoms with Crippen LogP contribution in [0.25, 0.3) is 0 Å². The van der Waals surface area contributed by atoms with E-state index in [4.69, 9.17) is 5.73 Å². The molecule has 7 heteroatoms.